The van der Waals surface area contributed by atoms with Gasteiger partial charge in [0.1, 0.15) is 11.7 Å². The third-order valence-electron chi connectivity index (χ3n) is 4.15. The molecule has 0 bridgehead atoms. The van der Waals surface area contributed by atoms with Gasteiger partial charge in [-0.3, -0.25) is 20.0 Å². The molecule has 0 saturated carbocycles. The van der Waals surface area contributed by atoms with Crippen LogP contribution in [0.4, 0.5) is 0 Å². The van der Waals surface area contributed by atoms with Gasteiger partial charge in [-0.15, -0.1) is 0 Å². The number of imidazole rings is 1. The van der Waals surface area contributed by atoms with E-state index in [1.165, 1.54) is 0 Å². The summed E-state index contributed by atoms with van der Waals surface area (Å²) in [6, 6.07) is 14.5. The summed E-state index contributed by atoms with van der Waals surface area (Å²) in [5.41, 5.74) is 14.0. The summed E-state index contributed by atoms with van der Waals surface area (Å²) in [6.07, 6.45) is 3.51. The molecular formula is C19H20N6O. The Labute approximate surface area is 150 Å². The highest BCUT2D eigenvalue weighted by atomic mass is 16.1. The zero-order chi connectivity index (χ0) is 18.7. The van der Waals surface area contributed by atoms with Crippen molar-refractivity contribution in [3.8, 4) is 0 Å². The first kappa shape index (κ1) is 17.2. The number of benzene rings is 2. The number of nitrogen functional groups attached to an aromatic ring is 2. The van der Waals surface area contributed by atoms with Gasteiger partial charge >= 0.3 is 5.69 Å². The number of amidine groups is 2. The number of nitrogens with zero attached hydrogens (tertiary/aromatic N) is 2. The van der Waals surface area contributed by atoms with Crippen molar-refractivity contribution < 1.29 is 0 Å². The fourth-order valence-corrected chi connectivity index (χ4v) is 2.67. The van der Waals surface area contributed by atoms with Gasteiger partial charge in [-0.05, 0) is 11.1 Å². The lowest BCUT2D eigenvalue weighted by Gasteiger charge is -2.05. The largest absolute Gasteiger partial charge is 0.384 e. The summed E-state index contributed by atoms with van der Waals surface area (Å²) in [5.74, 6) is 0.0475. The Hall–Kier alpha value is -3.61. The Morgan fingerprint density at radius 2 is 1.08 bits per heavy atom. The van der Waals surface area contributed by atoms with E-state index >= 15 is 0 Å². The highest BCUT2D eigenvalue weighted by Gasteiger charge is 2.06. The monoisotopic (exact) mass is 348 g/mol. The number of nitrogens with one attached hydrogen (secondary N) is 2. The number of hydrogen-bond acceptors (Lipinski definition) is 3. The maximum absolute atomic E-state index is 12.5. The second-order valence-corrected chi connectivity index (χ2v) is 6.06. The minimum absolute atomic E-state index is 0.0238. The molecule has 0 radical (unpaired) electrons. The molecule has 0 fully saturated rings. The summed E-state index contributed by atoms with van der Waals surface area (Å²) in [4.78, 5) is 12.5. The van der Waals surface area contributed by atoms with Crippen LogP contribution in [0, 0.1) is 10.8 Å². The Kier molecular flexibility index (Phi) is 4.70. The molecule has 26 heavy (non-hydrogen) atoms. The fourth-order valence-electron chi connectivity index (χ4n) is 2.67. The quantitative estimate of drug-likeness (QED) is 0.396. The van der Waals surface area contributed by atoms with Crippen LogP contribution in [0.3, 0.4) is 0 Å². The highest BCUT2D eigenvalue weighted by Crippen LogP contribution is 2.07. The summed E-state index contributed by atoms with van der Waals surface area (Å²) in [5, 5.41) is 14.8. The van der Waals surface area contributed by atoms with Crippen molar-refractivity contribution in [1.29, 1.82) is 10.8 Å². The zero-order valence-electron chi connectivity index (χ0n) is 14.1. The smallest absolute Gasteiger partial charge is 0.328 e. The Morgan fingerprint density at radius 3 is 1.38 bits per heavy atom. The third-order valence-corrected chi connectivity index (χ3v) is 4.15. The van der Waals surface area contributed by atoms with E-state index in [9.17, 15) is 4.79 Å². The first-order chi connectivity index (χ1) is 12.4. The molecule has 1 heterocycles. The molecule has 1 aromatic heterocycles. The molecule has 2 aromatic carbocycles. The Balaban J connectivity index is 1.74. The average Bonchev–Trinajstić information content (AvgIpc) is 2.96. The van der Waals surface area contributed by atoms with E-state index in [0.29, 0.717) is 24.2 Å². The number of aromatic nitrogens is 2. The maximum Gasteiger partial charge on any atom is 0.328 e. The van der Waals surface area contributed by atoms with Gasteiger partial charge in [0.15, 0.2) is 0 Å². The summed E-state index contributed by atoms with van der Waals surface area (Å²) in [7, 11) is 0. The van der Waals surface area contributed by atoms with Crippen molar-refractivity contribution >= 4 is 11.7 Å². The molecule has 0 saturated heterocycles. The van der Waals surface area contributed by atoms with Crippen LogP contribution < -0.4 is 17.2 Å². The van der Waals surface area contributed by atoms with E-state index in [2.05, 4.69) is 0 Å². The molecule has 0 aliphatic carbocycles. The van der Waals surface area contributed by atoms with E-state index < -0.39 is 0 Å². The number of hydrogen-bond donors (Lipinski definition) is 4. The zero-order valence-corrected chi connectivity index (χ0v) is 14.1. The average molecular weight is 348 g/mol. The highest BCUT2D eigenvalue weighted by molar-refractivity contribution is 5.95. The van der Waals surface area contributed by atoms with Crippen LogP contribution in [0.1, 0.15) is 22.3 Å². The molecule has 7 nitrogen and oxygen atoms in total. The first-order valence-corrected chi connectivity index (χ1v) is 8.06. The maximum atomic E-state index is 12.5. The third kappa shape index (κ3) is 3.72. The molecule has 0 amide bonds. The molecule has 7 heteroatoms. The predicted octanol–water partition coefficient (Wildman–Crippen LogP) is 1.31. The van der Waals surface area contributed by atoms with Gasteiger partial charge in [-0.1, -0.05) is 48.5 Å². The van der Waals surface area contributed by atoms with Gasteiger partial charge in [0.2, 0.25) is 0 Å². The van der Waals surface area contributed by atoms with E-state index in [0.717, 1.165) is 11.1 Å². The van der Waals surface area contributed by atoms with Crippen LogP contribution in [-0.4, -0.2) is 20.8 Å². The van der Waals surface area contributed by atoms with Crippen molar-refractivity contribution in [2.75, 3.05) is 0 Å². The molecule has 3 aromatic rings. The van der Waals surface area contributed by atoms with Gasteiger partial charge in [0.25, 0.3) is 0 Å². The second kappa shape index (κ2) is 7.10. The fraction of sp³-hybridized carbons (Fsp3) is 0.105. The summed E-state index contributed by atoms with van der Waals surface area (Å²) >= 11 is 0. The molecule has 3 rings (SSSR count). The molecule has 0 aliphatic heterocycles. The summed E-state index contributed by atoms with van der Waals surface area (Å²) < 4.78 is 3.26. The molecule has 0 atom stereocenters. The SMILES string of the molecule is N=C(N)c1ccc(Cn2ccn(Cc3ccc(C(=N)N)cc3)c2=O)cc1. The predicted molar refractivity (Wildman–Crippen MR) is 102 cm³/mol. The lowest BCUT2D eigenvalue weighted by atomic mass is 10.1. The normalized spacial score (nSPS) is 10.6. The lowest BCUT2D eigenvalue weighted by molar-refractivity contribution is 0.684. The van der Waals surface area contributed by atoms with Crippen molar-refractivity contribution in [1.82, 2.24) is 9.13 Å². The van der Waals surface area contributed by atoms with Crippen LogP contribution in [-0.2, 0) is 13.1 Å². The number of rotatable bonds is 6. The topological polar surface area (TPSA) is 127 Å². The lowest BCUT2D eigenvalue weighted by Crippen LogP contribution is -2.25. The Morgan fingerprint density at radius 1 is 0.731 bits per heavy atom. The molecule has 0 aliphatic rings. The number of nitrogens with two attached hydrogens (primary N) is 2. The van der Waals surface area contributed by atoms with Crippen molar-refractivity contribution in [3.63, 3.8) is 0 Å². The minimum Gasteiger partial charge on any atom is -0.384 e. The minimum atomic E-state index is -0.101. The van der Waals surface area contributed by atoms with Gasteiger partial charge in [0.05, 0.1) is 13.1 Å². The van der Waals surface area contributed by atoms with Crippen LogP contribution in [0.15, 0.2) is 65.7 Å². The van der Waals surface area contributed by atoms with Gasteiger partial charge in [0, 0.05) is 23.5 Å². The van der Waals surface area contributed by atoms with E-state index in [1.54, 1.807) is 45.8 Å². The first-order valence-electron chi connectivity index (χ1n) is 8.06. The van der Waals surface area contributed by atoms with Crippen LogP contribution in [0.5, 0.6) is 0 Å². The summed E-state index contributed by atoms with van der Waals surface area (Å²) in [6.45, 7) is 0.903. The van der Waals surface area contributed by atoms with Gasteiger partial charge < -0.3 is 11.5 Å². The van der Waals surface area contributed by atoms with E-state index in [4.69, 9.17) is 22.3 Å². The van der Waals surface area contributed by atoms with E-state index in [-0.39, 0.29) is 17.4 Å². The van der Waals surface area contributed by atoms with Crippen molar-refractivity contribution in [2.45, 2.75) is 13.1 Å². The molecule has 0 unspecified atom stereocenters. The molecular weight excluding hydrogens is 328 g/mol. The second-order valence-electron chi connectivity index (χ2n) is 6.06. The standard InChI is InChI=1S/C19H20N6O/c20-17(21)15-5-1-13(2-6-15)11-24-9-10-25(19(24)26)12-14-3-7-16(8-4-14)18(22)23/h1-10H,11-12H2,(H3,20,21)(H3,22,23). The van der Waals surface area contributed by atoms with Crippen LogP contribution in [0.2, 0.25) is 0 Å². The van der Waals surface area contributed by atoms with Crippen molar-refractivity contribution in [3.05, 3.63) is 93.7 Å². The van der Waals surface area contributed by atoms with Crippen LogP contribution >= 0.6 is 0 Å². The van der Waals surface area contributed by atoms with E-state index in [1.807, 2.05) is 24.3 Å². The molecule has 132 valence electrons. The van der Waals surface area contributed by atoms with Crippen molar-refractivity contribution in [2.24, 2.45) is 11.5 Å². The molecule has 6 N–H and O–H groups in total. The molecule has 0 spiro atoms. The van der Waals surface area contributed by atoms with Gasteiger partial charge in [-0.25, -0.2) is 4.79 Å². The Bertz CT molecular complexity index is 916. The van der Waals surface area contributed by atoms with Crippen LogP contribution in [0.25, 0.3) is 0 Å². The van der Waals surface area contributed by atoms with Gasteiger partial charge in [-0.2, -0.15) is 0 Å².